The van der Waals surface area contributed by atoms with Crippen LogP contribution in [0, 0.1) is 12.7 Å². The zero-order chi connectivity index (χ0) is 61.2. The Labute approximate surface area is 494 Å². The first-order valence-corrected chi connectivity index (χ1v) is 28.7. The van der Waals surface area contributed by atoms with Gasteiger partial charge in [0.2, 0.25) is 29.5 Å². The molecule has 4 aromatic carbocycles. The number of nitrogens with one attached hydrogen (secondary N) is 6. The molecule has 4 aliphatic rings. The monoisotopic (exact) mass is 1170 g/mol. The van der Waals surface area contributed by atoms with Crippen LogP contribution >= 0.6 is 0 Å². The minimum atomic E-state index is -2.05. The maximum absolute atomic E-state index is 15.5. The van der Waals surface area contributed by atoms with E-state index in [0.29, 0.717) is 51.8 Å². The van der Waals surface area contributed by atoms with Crippen LogP contribution in [0.15, 0.2) is 95.8 Å². The summed E-state index contributed by atoms with van der Waals surface area (Å²) in [7, 11) is 0. The summed E-state index contributed by atoms with van der Waals surface area (Å²) >= 11 is 0. The number of halogens is 1. The Kier molecular flexibility index (Phi) is 17.2. The number of benzene rings is 4. The van der Waals surface area contributed by atoms with E-state index >= 15 is 4.39 Å². The van der Waals surface area contributed by atoms with Gasteiger partial charge in [0.15, 0.2) is 5.60 Å². The van der Waals surface area contributed by atoms with Gasteiger partial charge in [-0.2, -0.15) is 0 Å². The van der Waals surface area contributed by atoms with Gasteiger partial charge in [-0.05, 0) is 104 Å². The van der Waals surface area contributed by atoms with Gasteiger partial charge in [-0.15, -0.1) is 0 Å². The summed E-state index contributed by atoms with van der Waals surface area (Å²) in [5, 5.41) is 28.0. The first-order valence-electron chi connectivity index (χ1n) is 28.7. The highest BCUT2D eigenvalue weighted by molar-refractivity contribution is 5.96. The van der Waals surface area contributed by atoms with Crippen LogP contribution in [0.4, 0.5) is 9.18 Å². The average molecular weight is 1180 g/mol. The van der Waals surface area contributed by atoms with Gasteiger partial charge in [0, 0.05) is 47.9 Å². The van der Waals surface area contributed by atoms with E-state index in [1.165, 1.54) is 10.6 Å². The largest absolute Gasteiger partial charge is 0.460 e. The minimum absolute atomic E-state index is 0.0238. The number of carbonyl (C=O) groups excluding carboxylic acids is 8. The van der Waals surface area contributed by atoms with Crippen molar-refractivity contribution >= 4 is 58.5 Å². The van der Waals surface area contributed by atoms with E-state index in [4.69, 9.17) is 19.2 Å². The fraction of sp³-hybridized carbons (Fsp3) is 0.375. The number of esters is 2. The fourth-order valence-corrected chi connectivity index (χ4v) is 11.9. The summed E-state index contributed by atoms with van der Waals surface area (Å²) in [6.45, 7) is 6.71. The molecule has 22 heteroatoms. The number of hydrogen-bond donors (Lipinski definition) is 7. The normalized spacial score (nSPS) is 16.8. The average Bonchev–Trinajstić information content (AvgIpc) is 1.50. The summed E-state index contributed by atoms with van der Waals surface area (Å²) < 4.78 is 33.3. The van der Waals surface area contributed by atoms with E-state index in [-0.39, 0.29) is 74.9 Å². The van der Waals surface area contributed by atoms with Crippen LogP contribution in [0.2, 0.25) is 0 Å². The third kappa shape index (κ3) is 12.4. The molecule has 2 aromatic heterocycles. The number of aryl methyl sites for hydroxylation is 1. The van der Waals surface area contributed by atoms with Crippen LogP contribution < -0.4 is 37.5 Å². The number of hydrogen-bond acceptors (Lipinski definition) is 14. The van der Waals surface area contributed by atoms with E-state index in [9.17, 15) is 48.3 Å². The molecule has 6 amide bonds. The van der Waals surface area contributed by atoms with Crippen molar-refractivity contribution in [1.29, 1.82) is 0 Å². The van der Waals surface area contributed by atoms with Crippen LogP contribution in [0.3, 0.4) is 0 Å². The molecule has 86 heavy (non-hydrogen) atoms. The van der Waals surface area contributed by atoms with E-state index in [0.717, 1.165) is 33.4 Å². The minimum Gasteiger partial charge on any atom is -0.460 e. The molecule has 0 unspecified atom stereocenters. The number of nitrogens with zero attached hydrogens (tertiary/aromatic N) is 2. The Morgan fingerprint density at radius 1 is 0.826 bits per heavy atom. The van der Waals surface area contributed by atoms with Gasteiger partial charge >= 0.3 is 18.0 Å². The molecule has 6 aromatic rings. The Hall–Kier alpha value is -9.31. The smallest absolute Gasteiger partial charge is 0.407 e. The van der Waals surface area contributed by atoms with Gasteiger partial charge in [0.1, 0.15) is 36.7 Å². The van der Waals surface area contributed by atoms with Crippen LogP contribution in [0.1, 0.15) is 122 Å². The lowest BCUT2D eigenvalue weighted by Crippen LogP contribution is -2.52. The quantitative estimate of drug-likeness (QED) is 0.0296. The first kappa shape index (κ1) is 59.8. The lowest BCUT2D eigenvalue weighted by Gasteiger charge is -2.31. The van der Waals surface area contributed by atoms with Gasteiger partial charge in [-0.25, -0.2) is 19.0 Å². The molecule has 10 rings (SSSR count). The molecular weight excluding hydrogens is 1110 g/mol. The van der Waals surface area contributed by atoms with E-state index < -0.39 is 102 Å². The van der Waals surface area contributed by atoms with Gasteiger partial charge in [0.05, 0.1) is 54.6 Å². The number of pyridine rings is 2. The summed E-state index contributed by atoms with van der Waals surface area (Å²) in [4.78, 5) is 126. The molecule has 0 fully saturated rings. The Morgan fingerprint density at radius 3 is 2.20 bits per heavy atom. The zero-order valence-electron chi connectivity index (χ0n) is 48.3. The van der Waals surface area contributed by atoms with Crippen molar-refractivity contribution in [3.8, 4) is 22.5 Å². The molecule has 0 saturated heterocycles. The Balaban J connectivity index is 0.734. The number of carbonyl (C=O) groups is 8. The molecule has 0 spiro atoms. The molecule has 448 valence electrons. The van der Waals surface area contributed by atoms with E-state index in [2.05, 4.69) is 31.9 Å². The van der Waals surface area contributed by atoms with Gasteiger partial charge in [0.25, 0.3) is 5.56 Å². The van der Waals surface area contributed by atoms with Gasteiger partial charge in [-0.3, -0.25) is 33.6 Å². The van der Waals surface area contributed by atoms with Crippen molar-refractivity contribution in [3.63, 3.8) is 0 Å². The first-order chi connectivity index (χ1) is 41.1. The standard InChI is InChI=1S/C64H67FN8O13/c1-6-64(83)44-26-50-57-41(31-73(50)60(80)43(44)33-84-61(64)81)56-46(23-22-36-34(2)45(65)27-47(71-57)55(36)56)69-51(74)21-14-24-66-58(78)48(25-35-15-8-7-9-16-35)70-53(76)30-67-52(75)29-68-59(79)49(28-54(77)86-63(3,4)5)72-62(82)85-32-42-39-19-12-10-17-37(39)38-18-11-13-20-40(38)42/h7-13,15-20,26-27,42,46,48-49,83H,6,14,21-25,28-33H2,1-5H3,(H,66,78)(H,67,75)(H,68,79)(H,69,74)(H,70,76)(H,72,82)/t46-,48-,49-,64-/m0/s1. The number of rotatable bonds is 20. The van der Waals surface area contributed by atoms with Crippen molar-refractivity contribution in [2.24, 2.45) is 0 Å². The molecule has 0 bridgehead atoms. The topological polar surface area (TPSA) is 292 Å². The molecule has 2 aliphatic carbocycles. The SMILES string of the molecule is CC[C@@]1(O)C(=O)OCc2c1cc1n(c2=O)Cc2c-1nc1cc(F)c(C)c3c1c2[C@@H](NC(=O)CCCNC(=O)[C@H](Cc1ccccc1)NC(=O)CNC(=O)CNC(=O)[C@H](CC(=O)OC(C)(C)C)NC(=O)OCC1c2ccccc2-c2ccccc21)CC3. The number of alkyl carbamates (subject to hydrolysis) is 1. The number of ether oxygens (including phenoxy) is 3. The second-order valence-corrected chi connectivity index (χ2v) is 23.0. The maximum atomic E-state index is 15.5. The number of aromatic nitrogens is 2. The van der Waals surface area contributed by atoms with Gasteiger partial charge < -0.3 is 55.8 Å². The number of amides is 6. The molecular formula is C64H67FN8O13. The summed E-state index contributed by atoms with van der Waals surface area (Å²) in [5.41, 5.74) is 5.14. The second-order valence-electron chi connectivity index (χ2n) is 23.0. The highest BCUT2D eigenvalue weighted by Crippen LogP contribution is 2.47. The summed E-state index contributed by atoms with van der Waals surface area (Å²) in [6, 6.07) is 24.1. The fourth-order valence-electron chi connectivity index (χ4n) is 11.9. The molecule has 0 saturated carbocycles. The molecule has 2 aliphatic heterocycles. The lowest BCUT2D eigenvalue weighted by atomic mass is 9.81. The van der Waals surface area contributed by atoms with Crippen molar-refractivity contribution in [2.45, 2.75) is 128 Å². The van der Waals surface area contributed by atoms with E-state index in [1.54, 1.807) is 71.0 Å². The molecule has 7 N–H and O–H groups in total. The predicted octanol–water partition coefficient (Wildman–Crippen LogP) is 5.13. The number of aliphatic hydroxyl groups is 1. The van der Waals surface area contributed by atoms with Crippen LogP contribution in [-0.2, 0) is 79.4 Å². The van der Waals surface area contributed by atoms with Crippen molar-refractivity contribution in [1.82, 2.24) is 41.5 Å². The number of fused-ring (bicyclic) bond motifs is 8. The lowest BCUT2D eigenvalue weighted by molar-refractivity contribution is -0.172. The van der Waals surface area contributed by atoms with Crippen LogP contribution in [-0.4, -0.2) is 106 Å². The molecule has 21 nitrogen and oxygen atoms in total. The highest BCUT2D eigenvalue weighted by atomic mass is 19.1. The molecule has 4 heterocycles. The Morgan fingerprint density at radius 2 is 1.50 bits per heavy atom. The zero-order valence-corrected chi connectivity index (χ0v) is 48.3. The number of cyclic esters (lactones) is 1. The predicted molar refractivity (Wildman–Crippen MR) is 311 cm³/mol. The molecule has 0 radical (unpaired) electrons. The van der Waals surface area contributed by atoms with Crippen LogP contribution in [0.5, 0.6) is 0 Å². The third-order valence-corrected chi connectivity index (χ3v) is 16.1. The van der Waals surface area contributed by atoms with Crippen LogP contribution in [0.25, 0.3) is 33.4 Å². The molecule has 4 atom stereocenters. The third-order valence-electron chi connectivity index (χ3n) is 16.1. The van der Waals surface area contributed by atoms with Gasteiger partial charge in [-0.1, -0.05) is 85.8 Å². The Bertz CT molecular complexity index is 3760. The summed E-state index contributed by atoms with van der Waals surface area (Å²) in [5.74, 6) is -5.74. The van der Waals surface area contributed by atoms with Crippen molar-refractivity contribution in [3.05, 3.63) is 157 Å². The van der Waals surface area contributed by atoms with Crippen molar-refractivity contribution in [2.75, 3.05) is 26.2 Å². The maximum Gasteiger partial charge on any atom is 0.407 e. The van der Waals surface area contributed by atoms with E-state index in [1.807, 2.05) is 48.5 Å². The summed E-state index contributed by atoms with van der Waals surface area (Å²) in [6.07, 6.45) is -0.551. The second kappa shape index (κ2) is 24.7. The highest BCUT2D eigenvalue weighted by Gasteiger charge is 2.46. The van der Waals surface area contributed by atoms with Crippen molar-refractivity contribution < 1.29 is 62.1 Å².